The highest BCUT2D eigenvalue weighted by Crippen LogP contribution is 2.24. The molecule has 6 heteroatoms. The van der Waals surface area contributed by atoms with Crippen molar-refractivity contribution in [3.63, 3.8) is 0 Å². The van der Waals surface area contributed by atoms with Crippen LogP contribution in [0.15, 0.2) is 53.1 Å². The summed E-state index contributed by atoms with van der Waals surface area (Å²) in [7, 11) is 0. The Morgan fingerprint density at radius 1 is 1.00 bits per heavy atom. The van der Waals surface area contributed by atoms with Crippen LogP contribution < -0.4 is 0 Å². The van der Waals surface area contributed by atoms with Crippen molar-refractivity contribution in [2.24, 2.45) is 0 Å². The normalized spacial score (nSPS) is 16.0. The topological polar surface area (TPSA) is 62.5 Å². The van der Waals surface area contributed by atoms with Gasteiger partial charge in [-0.2, -0.15) is 4.98 Å². The van der Waals surface area contributed by atoms with Crippen LogP contribution in [0, 0.1) is 13.8 Å². The van der Waals surface area contributed by atoms with Crippen molar-refractivity contribution in [3.05, 3.63) is 71.1 Å². The molecule has 1 aliphatic rings. The van der Waals surface area contributed by atoms with Gasteiger partial charge in [-0.15, -0.1) is 0 Å². The lowest BCUT2D eigenvalue weighted by atomic mass is 10.1. The Hall–Kier alpha value is -2.99. The van der Waals surface area contributed by atoms with Crippen LogP contribution >= 0.6 is 0 Å². The Morgan fingerprint density at radius 3 is 2.38 bits per heavy atom. The SMILES string of the molecule is Cc1ccc(-c2noc(C(C)N3CCN(C(=O)c4ccccc4C)CC3)n2)cc1. The van der Waals surface area contributed by atoms with Crippen molar-refractivity contribution in [2.75, 3.05) is 26.2 Å². The maximum Gasteiger partial charge on any atom is 0.254 e. The Balaban J connectivity index is 1.39. The van der Waals surface area contributed by atoms with Gasteiger partial charge in [0.15, 0.2) is 0 Å². The Morgan fingerprint density at radius 2 is 1.69 bits per heavy atom. The summed E-state index contributed by atoms with van der Waals surface area (Å²) in [5, 5.41) is 4.15. The molecule has 0 radical (unpaired) electrons. The molecule has 3 aromatic rings. The van der Waals surface area contributed by atoms with Crippen molar-refractivity contribution in [2.45, 2.75) is 26.8 Å². The summed E-state index contributed by atoms with van der Waals surface area (Å²) >= 11 is 0. The Kier molecular flexibility index (Phi) is 5.45. The number of benzene rings is 2. The van der Waals surface area contributed by atoms with Crippen LogP contribution in [-0.2, 0) is 0 Å². The van der Waals surface area contributed by atoms with Gasteiger partial charge in [0.2, 0.25) is 11.7 Å². The van der Waals surface area contributed by atoms with E-state index in [1.54, 1.807) is 0 Å². The minimum absolute atomic E-state index is 0.0115. The first-order chi connectivity index (χ1) is 14.0. The van der Waals surface area contributed by atoms with E-state index < -0.39 is 0 Å². The van der Waals surface area contributed by atoms with Crippen molar-refractivity contribution in [1.29, 1.82) is 0 Å². The first kappa shape index (κ1) is 19.3. The Labute approximate surface area is 171 Å². The monoisotopic (exact) mass is 390 g/mol. The standard InChI is InChI=1S/C23H26N4O2/c1-16-8-10-19(11-9-16)21-24-22(29-25-21)18(3)26-12-14-27(15-13-26)23(28)20-7-5-4-6-17(20)2/h4-11,18H,12-15H2,1-3H3. The molecule has 1 amide bonds. The van der Waals surface area contributed by atoms with Crippen molar-refractivity contribution < 1.29 is 9.32 Å². The number of hydrogen-bond donors (Lipinski definition) is 0. The summed E-state index contributed by atoms with van der Waals surface area (Å²) in [6.45, 7) is 9.05. The average Bonchev–Trinajstić information content (AvgIpc) is 3.24. The molecule has 0 aliphatic carbocycles. The zero-order chi connectivity index (χ0) is 20.4. The second-order valence-corrected chi connectivity index (χ2v) is 7.64. The molecule has 2 aromatic carbocycles. The maximum atomic E-state index is 12.8. The summed E-state index contributed by atoms with van der Waals surface area (Å²) in [5.41, 5.74) is 3.95. The van der Waals surface area contributed by atoms with E-state index in [1.165, 1.54) is 5.56 Å². The number of carbonyl (C=O) groups is 1. The molecule has 1 aliphatic heterocycles. The zero-order valence-corrected chi connectivity index (χ0v) is 17.1. The van der Waals surface area contributed by atoms with Crippen molar-refractivity contribution in [3.8, 4) is 11.4 Å². The van der Waals surface area contributed by atoms with E-state index in [2.05, 4.69) is 28.9 Å². The highest BCUT2D eigenvalue weighted by molar-refractivity contribution is 5.95. The molecule has 0 spiro atoms. The van der Waals surface area contributed by atoms with Crippen LogP contribution in [0.4, 0.5) is 0 Å². The molecule has 1 fully saturated rings. The molecule has 1 saturated heterocycles. The fraction of sp³-hybridized carbons (Fsp3) is 0.348. The number of aryl methyl sites for hydroxylation is 2. The van der Waals surface area contributed by atoms with Crippen LogP contribution in [0.3, 0.4) is 0 Å². The van der Waals surface area contributed by atoms with Crippen LogP contribution in [0.5, 0.6) is 0 Å². The van der Waals surface area contributed by atoms with E-state index in [-0.39, 0.29) is 11.9 Å². The molecule has 2 heterocycles. The van der Waals surface area contributed by atoms with E-state index in [1.807, 2.05) is 60.4 Å². The first-order valence-corrected chi connectivity index (χ1v) is 10.0. The molecule has 4 rings (SSSR count). The molecule has 1 aromatic heterocycles. The molecule has 29 heavy (non-hydrogen) atoms. The van der Waals surface area contributed by atoms with Gasteiger partial charge in [-0.05, 0) is 32.4 Å². The first-order valence-electron chi connectivity index (χ1n) is 10.0. The lowest BCUT2D eigenvalue weighted by Crippen LogP contribution is -2.49. The van der Waals surface area contributed by atoms with Gasteiger partial charge in [0, 0.05) is 37.3 Å². The molecule has 0 bridgehead atoms. The van der Waals surface area contributed by atoms with Gasteiger partial charge in [-0.1, -0.05) is 53.2 Å². The third kappa shape index (κ3) is 4.07. The number of hydrogen-bond acceptors (Lipinski definition) is 5. The van der Waals surface area contributed by atoms with E-state index in [0.29, 0.717) is 24.8 Å². The Bertz CT molecular complexity index is 988. The summed E-state index contributed by atoms with van der Waals surface area (Å²) in [6, 6.07) is 15.9. The summed E-state index contributed by atoms with van der Waals surface area (Å²) in [6.07, 6.45) is 0. The molecule has 0 N–H and O–H groups in total. The number of piperazine rings is 1. The summed E-state index contributed by atoms with van der Waals surface area (Å²) in [5.74, 6) is 1.33. The summed E-state index contributed by atoms with van der Waals surface area (Å²) < 4.78 is 5.54. The quantitative estimate of drug-likeness (QED) is 0.677. The highest BCUT2D eigenvalue weighted by atomic mass is 16.5. The molecule has 1 atom stereocenters. The van der Waals surface area contributed by atoms with E-state index >= 15 is 0 Å². The van der Waals surface area contributed by atoms with Crippen LogP contribution in [-0.4, -0.2) is 52.0 Å². The molecule has 0 saturated carbocycles. The minimum atomic E-state index is 0.0115. The predicted octanol–water partition coefficient (Wildman–Crippen LogP) is 3.87. The molecule has 150 valence electrons. The molecule has 6 nitrogen and oxygen atoms in total. The molecule has 1 unspecified atom stereocenters. The number of nitrogens with zero attached hydrogens (tertiary/aromatic N) is 4. The number of rotatable bonds is 4. The molecular formula is C23H26N4O2. The number of carbonyl (C=O) groups excluding carboxylic acids is 1. The number of aromatic nitrogens is 2. The fourth-order valence-corrected chi connectivity index (χ4v) is 3.68. The van der Waals surface area contributed by atoms with Gasteiger partial charge in [0.1, 0.15) is 0 Å². The lowest BCUT2D eigenvalue weighted by molar-refractivity contribution is 0.0551. The third-order valence-electron chi connectivity index (χ3n) is 5.63. The molecular weight excluding hydrogens is 364 g/mol. The van der Waals surface area contributed by atoms with Crippen LogP contribution in [0.25, 0.3) is 11.4 Å². The van der Waals surface area contributed by atoms with Gasteiger partial charge >= 0.3 is 0 Å². The highest BCUT2D eigenvalue weighted by Gasteiger charge is 2.28. The minimum Gasteiger partial charge on any atom is -0.337 e. The average molecular weight is 390 g/mol. The smallest absolute Gasteiger partial charge is 0.254 e. The van der Waals surface area contributed by atoms with Gasteiger partial charge < -0.3 is 9.42 Å². The largest absolute Gasteiger partial charge is 0.337 e. The van der Waals surface area contributed by atoms with Gasteiger partial charge in [0.25, 0.3) is 5.91 Å². The van der Waals surface area contributed by atoms with E-state index in [9.17, 15) is 4.79 Å². The van der Waals surface area contributed by atoms with Crippen LogP contribution in [0.2, 0.25) is 0 Å². The summed E-state index contributed by atoms with van der Waals surface area (Å²) in [4.78, 5) is 21.6. The second-order valence-electron chi connectivity index (χ2n) is 7.64. The van der Waals surface area contributed by atoms with E-state index in [0.717, 1.165) is 29.8 Å². The predicted molar refractivity (Wildman–Crippen MR) is 112 cm³/mol. The maximum absolute atomic E-state index is 12.8. The van der Waals surface area contributed by atoms with Gasteiger partial charge in [0.05, 0.1) is 6.04 Å². The van der Waals surface area contributed by atoms with Crippen molar-refractivity contribution in [1.82, 2.24) is 19.9 Å². The van der Waals surface area contributed by atoms with E-state index in [4.69, 9.17) is 4.52 Å². The third-order valence-corrected chi connectivity index (χ3v) is 5.63. The van der Waals surface area contributed by atoms with Crippen molar-refractivity contribution >= 4 is 5.91 Å². The second kappa shape index (κ2) is 8.17. The fourth-order valence-electron chi connectivity index (χ4n) is 3.68. The lowest BCUT2D eigenvalue weighted by Gasteiger charge is -2.37. The number of amides is 1. The van der Waals surface area contributed by atoms with Gasteiger partial charge in [-0.3, -0.25) is 9.69 Å². The van der Waals surface area contributed by atoms with Crippen LogP contribution in [0.1, 0.15) is 40.3 Å². The zero-order valence-electron chi connectivity index (χ0n) is 17.1. The van der Waals surface area contributed by atoms with Gasteiger partial charge in [-0.25, -0.2) is 0 Å².